The summed E-state index contributed by atoms with van der Waals surface area (Å²) < 4.78 is 68.5. The number of hydrogen-bond donors (Lipinski definition) is 3. The molecule has 0 aromatic carbocycles. The van der Waals surface area contributed by atoms with Gasteiger partial charge in [0.25, 0.3) is 0 Å². The van der Waals surface area contributed by atoms with Crippen LogP contribution in [0.4, 0.5) is 0 Å². The number of aliphatic hydroxyl groups is 1. The molecule has 0 bridgehead atoms. The molecule has 0 spiro atoms. The summed E-state index contributed by atoms with van der Waals surface area (Å²) in [6.45, 7) is 4.74. The van der Waals surface area contributed by atoms with Gasteiger partial charge in [0, 0.05) is 25.7 Å². The molecule has 2 unspecified atom stereocenters. The van der Waals surface area contributed by atoms with E-state index in [-0.39, 0.29) is 25.7 Å². The summed E-state index contributed by atoms with van der Waals surface area (Å²) in [5.74, 6) is -2.26. The van der Waals surface area contributed by atoms with Crippen molar-refractivity contribution >= 4 is 39.5 Å². The average molecular weight is 1450 g/mol. The number of rotatable bonds is 74. The van der Waals surface area contributed by atoms with E-state index in [0.29, 0.717) is 32.1 Å². The Balaban J connectivity index is 5.42. The van der Waals surface area contributed by atoms with Crippen LogP contribution < -0.4 is 0 Å². The van der Waals surface area contributed by atoms with Crippen LogP contribution in [0.1, 0.15) is 336 Å². The maximum absolute atomic E-state index is 13.1. The maximum Gasteiger partial charge on any atom is 0.472 e. The zero-order chi connectivity index (χ0) is 73.2. The second-order valence-electron chi connectivity index (χ2n) is 26.3. The quantitative estimate of drug-likeness (QED) is 0.0128. The highest BCUT2D eigenvalue weighted by molar-refractivity contribution is 7.47. The molecule has 5 atom stereocenters. The predicted octanol–water partition coefficient (Wildman–Crippen LogP) is 22.8. The number of carbonyl (C=O) groups is 4. The predicted molar refractivity (Wildman–Crippen MR) is 409 cm³/mol. The number of hydrogen-bond acceptors (Lipinski definition) is 15. The van der Waals surface area contributed by atoms with Crippen LogP contribution in [0.25, 0.3) is 0 Å². The van der Waals surface area contributed by atoms with Crippen molar-refractivity contribution in [2.75, 3.05) is 39.6 Å². The molecule has 3 N–H and O–H groups in total. The molecule has 0 amide bonds. The van der Waals surface area contributed by atoms with E-state index in [1.165, 1.54) is 109 Å². The van der Waals surface area contributed by atoms with E-state index in [1.807, 2.05) is 12.2 Å². The molecule has 578 valence electrons. The highest BCUT2D eigenvalue weighted by atomic mass is 31.2. The first-order chi connectivity index (χ1) is 48.7. The van der Waals surface area contributed by atoms with Gasteiger partial charge in [0.2, 0.25) is 0 Å². The lowest BCUT2D eigenvalue weighted by atomic mass is 10.1. The van der Waals surface area contributed by atoms with Gasteiger partial charge in [-0.25, -0.2) is 9.13 Å². The monoisotopic (exact) mass is 1450 g/mol. The number of carbonyl (C=O) groups excluding carboxylic acids is 4. The molecule has 0 aromatic rings. The molecule has 17 nitrogen and oxygen atoms in total. The standard InChI is InChI=1S/C81H142O17P2/c1-5-9-13-17-21-25-29-33-36-37-40-42-46-50-54-58-62-66-79(84)92-72-77(98-81(86)68-64-60-56-52-48-44-39-35-31-27-23-19-15-11-7-3)74-96-100(89,90)94-70-75(82)69-93-99(87,88)95-73-76(71-91-78(83)65-61-57-53-49-45-41-32-28-24-20-16-12-8-4)97-80(85)67-63-59-55-51-47-43-38-34-30-26-22-18-14-10-6-2/h21,25-26,28,30,32-36,38-40,42,50,54,75-77,82H,5-20,22-24,27,29,31,37,41,43-49,51-53,55-74H2,1-4H3,(H,87,88)(H,89,90)/b25-21-,30-26-,32-28-,36-33-,38-34-,39-35-,42-40-,54-50-/t75-,76+,77+/m0/s1. The van der Waals surface area contributed by atoms with Crippen LogP contribution in [-0.2, 0) is 65.4 Å². The molecule has 0 saturated heterocycles. The number of unbranched alkanes of at least 4 members (excludes halogenated alkanes) is 33. The van der Waals surface area contributed by atoms with Crippen molar-refractivity contribution in [3.05, 3.63) is 97.2 Å². The van der Waals surface area contributed by atoms with Gasteiger partial charge < -0.3 is 33.8 Å². The van der Waals surface area contributed by atoms with Crippen molar-refractivity contribution < 1.29 is 80.2 Å². The van der Waals surface area contributed by atoms with Crippen LogP contribution in [-0.4, -0.2) is 96.7 Å². The minimum atomic E-state index is -4.99. The average Bonchev–Trinajstić information content (AvgIpc) is 0.945. The summed E-state index contributed by atoms with van der Waals surface area (Å²) in [6, 6.07) is 0. The Labute approximate surface area is 607 Å². The number of allylic oxidation sites excluding steroid dienone is 16. The number of phosphoric ester groups is 2. The van der Waals surface area contributed by atoms with Crippen LogP contribution >= 0.6 is 15.6 Å². The van der Waals surface area contributed by atoms with Crippen molar-refractivity contribution in [3.63, 3.8) is 0 Å². The Hall–Kier alpha value is -4.02. The molecule has 100 heavy (non-hydrogen) atoms. The summed E-state index contributed by atoms with van der Waals surface area (Å²) >= 11 is 0. The molecule has 0 rings (SSSR count). The van der Waals surface area contributed by atoms with E-state index in [9.17, 15) is 43.2 Å². The van der Waals surface area contributed by atoms with Crippen LogP contribution in [0, 0.1) is 0 Å². The van der Waals surface area contributed by atoms with Crippen molar-refractivity contribution in [1.82, 2.24) is 0 Å². The highest BCUT2D eigenvalue weighted by Gasteiger charge is 2.30. The van der Waals surface area contributed by atoms with Crippen molar-refractivity contribution in [2.24, 2.45) is 0 Å². The maximum atomic E-state index is 13.1. The lowest BCUT2D eigenvalue weighted by Gasteiger charge is -2.21. The fourth-order valence-corrected chi connectivity index (χ4v) is 12.0. The second-order valence-corrected chi connectivity index (χ2v) is 29.2. The molecule has 0 heterocycles. The molecule has 0 fully saturated rings. The summed E-state index contributed by atoms with van der Waals surface area (Å²) in [7, 11) is -9.97. The molecule has 0 aliphatic heterocycles. The van der Waals surface area contributed by atoms with E-state index in [1.54, 1.807) is 0 Å². The first-order valence-electron chi connectivity index (χ1n) is 39.5. The van der Waals surface area contributed by atoms with Gasteiger partial charge >= 0.3 is 39.5 Å². The van der Waals surface area contributed by atoms with Gasteiger partial charge in [0.1, 0.15) is 19.3 Å². The normalized spacial score (nSPS) is 14.4. The largest absolute Gasteiger partial charge is 0.472 e. The third-order valence-corrected chi connectivity index (χ3v) is 18.4. The van der Waals surface area contributed by atoms with Crippen molar-refractivity contribution in [2.45, 2.75) is 354 Å². The Morgan fingerprint density at radius 3 is 0.890 bits per heavy atom. The smallest absolute Gasteiger partial charge is 0.462 e. The van der Waals surface area contributed by atoms with E-state index in [0.717, 1.165) is 141 Å². The lowest BCUT2D eigenvalue weighted by molar-refractivity contribution is -0.161. The van der Waals surface area contributed by atoms with E-state index >= 15 is 0 Å². The van der Waals surface area contributed by atoms with Crippen LogP contribution in [0.3, 0.4) is 0 Å². The minimum Gasteiger partial charge on any atom is -0.462 e. The van der Waals surface area contributed by atoms with Crippen molar-refractivity contribution in [1.29, 1.82) is 0 Å². The van der Waals surface area contributed by atoms with E-state index < -0.39 is 97.5 Å². The van der Waals surface area contributed by atoms with E-state index in [4.69, 9.17) is 37.0 Å². The highest BCUT2D eigenvalue weighted by Crippen LogP contribution is 2.45. The number of esters is 4. The molecule has 0 saturated carbocycles. The van der Waals surface area contributed by atoms with E-state index in [2.05, 4.69) is 113 Å². The molecular formula is C81H142O17P2. The summed E-state index contributed by atoms with van der Waals surface area (Å²) in [5, 5.41) is 10.6. The molecule has 19 heteroatoms. The topological polar surface area (TPSA) is 237 Å². The van der Waals surface area contributed by atoms with Gasteiger partial charge in [0.15, 0.2) is 12.2 Å². The van der Waals surface area contributed by atoms with Gasteiger partial charge in [-0.05, 0) is 141 Å². The lowest BCUT2D eigenvalue weighted by Crippen LogP contribution is -2.30. The third-order valence-electron chi connectivity index (χ3n) is 16.5. The minimum absolute atomic E-state index is 0.0734. The fraction of sp³-hybridized carbons (Fsp3) is 0.753. The Bertz CT molecular complexity index is 2270. The zero-order valence-corrected chi connectivity index (χ0v) is 64.9. The fourth-order valence-electron chi connectivity index (χ4n) is 10.4. The molecule has 0 aliphatic rings. The van der Waals surface area contributed by atoms with Gasteiger partial charge in [-0.2, -0.15) is 0 Å². The van der Waals surface area contributed by atoms with Gasteiger partial charge in [-0.15, -0.1) is 0 Å². The van der Waals surface area contributed by atoms with Crippen molar-refractivity contribution in [3.8, 4) is 0 Å². The number of phosphoric acid groups is 2. The zero-order valence-electron chi connectivity index (χ0n) is 63.1. The Morgan fingerprint density at radius 1 is 0.290 bits per heavy atom. The number of aliphatic hydroxyl groups excluding tert-OH is 1. The summed E-state index contributed by atoms with van der Waals surface area (Å²) in [6.07, 6.45) is 76.8. The second kappa shape index (κ2) is 73.3. The SMILES string of the molecule is CCCCC/C=C\C/C=C\C/C=C\C/C=C\CCCC(=O)OC[C@H](COP(=O)(O)OC[C@@H](O)COP(=O)(O)OC[C@@H](COC(=O)CCCCCCC/C=C\CCCCCC)OC(=O)CCCCCCC/C=C\C=C/CCCCCC)OC(=O)CCCCCCC/C=C\CCCCCCCC. The first kappa shape index (κ1) is 96.0. The molecular weight excluding hydrogens is 1310 g/mol. The van der Waals surface area contributed by atoms with Gasteiger partial charge in [0.05, 0.1) is 26.4 Å². The summed E-state index contributed by atoms with van der Waals surface area (Å²) in [5.41, 5.74) is 0. The van der Waals surface area contributed by atoms with Crippen LogP contribution in [0.5, 0.6) is 0 Å². The molecule has 0 aliphatic carbocycles. The first-order valence-corrected chi connectivity index (χ1v) is 42.5. The van der Waals surface area contributed by atoms with Crippen LogP contribution in [0.2, 0.25) is 0 Å². The van der Waals surface area contributed by atoms with Crippen LogP contribution in [0.15, 0.2) is 97.2 Å². The molecule has 0 aromatic heterocycles. The number of ether oxygens (including phenoxy) is 4. The molecule has 0 radical (unpaired) electrons. The van der Waals surface area contributed by atoms with Gasteiger partial charge in [-0.1, -0.05) is 266 Å². The Kier molecular flexibility index (Phi) is 70.4. The third kappa shape index (κ3) is 72.3. The van der Waals surface area contributed by atoms with Gasteiger partial charge in [-0.3, -0.25) is 37.3 Å². The summed E-state index contributed by atoms with van der Waals surface area (Å²) in [4.78, 5) is 72.9. The Morgan fingerprint density at radius 2 is 0.530 bits per heavy atom.